The van der Waals surface area contributed by atoms with E-state index in [-0.39, 0.29) is 28.8 Å². The van der Waals surface area contributed by atoms with Crippen molar-refractivity contribution in [3.63, 3.8) is 0 Å². The van der Waals surface area contributed by atoms with E-state index < -0.39 is 4.32 Å². The Morgan fingerprint density at radius 1 is 1.11 bits per heavy atom. The number of carbonyl (C=O) groups excluding carboxylic acids is 2. The highest BCUT2D eigenvalue weighted by molar-refractivity contribution is 9.10. The summed E-state index contributed by atoms with van der Waals surface area (Å²) in [4.78, 5) is 26.2. The summed E-state index contributed by atoms with van der Waals surface area (Å²) < 4.78 is -1.16. The van der Waals surface area contributed by atoms with Crippen molar-refractivity contribution < 1.29 is 9.59 Å². The van der Waals surface area contributed by atoms with Crippen LogP contribution in [0.3, 0.4) is 0 Å². The minimum atomic E-state index is -1.16. The van der Waals surface area contributed by atoms with E-state index >= 15 is 0 Å². The maximum Gasteiger partial charge on any atom is 0.246 e. The Kier molecular flexibility index (Phi) is 4.77. The molecule has 4 nitrogen and oxygen atoms in total. The van der Waals surface area contributed by atoms with Crippen LogP contribution >= 0.6 is 15.9 Å². The van der Waals surface area contributed by atoms with E-state index in [1.54, 1.807) is 0 Å². The topological polar surface area (TPSA) is 58.2 Å². The molecule has 2 amide bonds. The van der Waals surface area contributed by atoms with Gasteiger partial charge in [0.05, 0.1) is 0 Å². The second kappa shape index (κ2) is 6.46. The average molecular weight is 453 g/mol. The second-order valence-electron chi connectivity index (χ2n) is 11.8. The Balaban J connectivity index is 1.63. The zero-order valence-electron chi connectivity index (χ0n) is 18.2. The Bertz CT molecular complexity index is 689. The summed E-state index contributed by atoms with van der Waals surface area (Å²) in [6.45, 7) is 10.8. The van der Waals surface area contributed by atoms with Crippen LogP contribution < -0.4 is 10.6 Å². The van der Waals surface area contributed by atoms with E-state index in [9.17, 15) is 9.59 Å². The van der Waals surface area contributed by atoms with Crippen LogP contribution in [-0.2, 0) is 9.59 Å². The molecule has 2 N–H and O–H groups in total. The highest BCUT2D eigenvalue weighted by atomic mass is 79.9. The molecule has 2 unspecified atom stereocenters. The third kappa shape index (κ3) is 3.06. The molecule has 0 radical (unpaired) electrons. The number of hydrogen-bond donors (Lipinski definition) is 2. The van der Waals surface area contributed by atoms with Gasteiger partial charge in [-0.15, -0.1) is 0 Å². The van der Waals surface area contributed by atoms with Crippen molar-refractivity contribution >= 4 is 27.7 Å². The zero-order chi connectivity index (χ0) is 20.5. The largest absolute Gasteiger partial charge is 0.351 e. The van der Waals surface area contributed by atoms with Gasteiger partial charge in [0.2, 0.25) is 11.8 Å². The third-order valence-electron chi connectivity index (χ3n) is 8.79. The lowest BCUT2D eigenvalue weighted by Crippen LogP contribution is -2.70. The van der Waals surface area contributed by atoms with Crippen molar-refractivity contribution in [1.29, 1.82) is 0 Å². The van der Waals surface area contributed by atoms with E-state index in [4.69, 9.17) is 0 Å². The van der Waals surface area contributed by atoms with E-state index in [1.807, 2.05) is 20.8 Å². The van der Waals surface area contributed by atoms with Gasteiger partial charge in [-0.1, -0.05) is 36.2 Å². The van der Waals surface area contributed by atoms with Gasteiger partial charge in [0.1, 0.15) is 0 Å². The average Bonchev–Trinajstić information content (AvgIpc) is 2.96. The van der Waals surface area contributed by atoms with Crippen LogP contribution in [0.4, 0.5) is 0 Å². The smallest absolute Gasteiger partial charge is 0.246 e. The molecule has 5 heteroatoms. The van der Waals surface area contributed by atoms with Gasteiger partial charge in [0.15, 0.2) is 4.32 Å². The minimum absolute atomic E-state index is 0.0283. The first-order valence-corrected chi connectivity index (χ1v) is 12.0. The van der Waals surface area contributed by atoms with Crippen LogP contribution in [-0.4, -0.2) is 27.7 Å². The molecule has 7 atom stereocenters. The van der Waals surface area contributed by atoms with Crippen LogP contribution in [0.25, 0.3) is 0 Å². The molecule has 0 aromatic heterocycles. The lowest BCUT2D eigenvalue weighted by Gasteiger charge is -2.61. The molecule has 3 saturated carbocycles. The van der Waals surface area contributed by atoms with Crippen LogP contribution in [0.1, 0.15) is 86.0 Å². The molecular weight excluding hydrogens is 416 g/mol. The Labute approximate surface area is 178 Å². The van der Waals surface area contributed by atoms with Crippen molar-refractivity contribution in [3.05, 3.63) is 0 Å². The summed E-state index contributed by atoms with van der Waals surface area (Å²) in [6.07, 6.45) is 9.56. The summed E-state index contributed by atoms with van der Waals surface area (Å²) in [5.41, 5.74) is 0.137. The first-order valence-electron chi connectivity index (χ1n) is 11.2. The van der Waals surface area contributed by atoms with Gasteiger partial charge in [-0.2, -0.15) is 0 Å². The van der Waals surface area contributed by atoms with E-state index in [1.165, 1.54) is 38.5 Å². The molecule has 3 aliphatic carbocycles. The van der Waals surface area contributed by atoms with Gasteiger partial charge in [-0.3, -0.25) is 9.59 Å². The number of piperidine rings is 1. The van der Waals surface area contributed by atoms with Crippen molar-refractivity contribution in [1.82, 2.24) is 10.6 Å². The van der Waals surface area contributed by atoms with Crippen molar-refractivity contribution in [2.24, 2.45) is 28.6 Å². The van der Waals surface area contributed by atoms with Gasteiger partial charge < -0.3 is 10.6 Å². The summed E-state index contributed by atoms with van der Waals surface area (Å²) in [5.74, 6) is 1.83. The quantitative estimate of drug-likeness (QED) is 0.452. The first-order chi connectivity index (χ1) is 12.9. The number of halogens is 1. The van der Waals surface area contributed by atoms with Gasteiger partial charge >= 0.3 is 0 Å². The predicted octanol–water partition coefficient (Wildman–Crippen LogP) is 4.56. The van der Waals surface area contributed by atoms with Gasteiger partial charge in [0, 0.05) is 11.6 Å². The Hall–Kier alpha value is -0.580. The number of rotatable bonds is 1. The fourth-order valence-corrected chi connectivity index (χ4v) is 8.26. The van der Waals surface area contributed by atoms with E-state index in [0.29, 0.717) is 17.8 Å². The first kappa shape index (κ1) is 20.7. The number of nitrogens with one attached hydrogen (secondary N) is 2. The molecule has 0 aromatic carbocycles. The molecule has 158 valence electrons. The molecule has 0 aromatic rings. The molecule has 1 aliphatic heterocycles. The fourth-order valence-electron chi connectivity index (χ4n) is 7.44. The SMILES string of the molecule is CC(C)(C)NC(=O)C1(Br)C[C@@]2(C)C(CC[C@@H]3[C@H]2CC[C@]2(C)CCC[C@@H]32)NC1=O. The maximum atomic E-state index is 13.1. The number of carbonyl (C=O) groups is 2. The van der Waals surface area contributed by atoms with E-state index in [2.05, 4.69) is 40.4 Å². The summed E-state index contributed by atoms with van der Waals surface area (Å²) in [5, 5.41) is 6.31. The number of fused-ring (bicyclic) bond motifs is 5. The molecule has 4 rings (SSSR count). The number of alkyl halides is 1. The molecular formula is C23H37BrN2O2. The standard InChI is InChI=1S/C23H37BrN2O2/c1-20(2,3)26-19(28)23(24)13-22(5)16-10-12-21(4)11-6-7-15(21)14(16)8-9-17(22)25-18(23)27/h14-17H,6-13H2,1-5H3,(H,25,27)(H,26,28)/t14-,15-,16+,17?,21-,22+,23?/m0/s1. The van der Waals surface area contributed by atoms with Crippen LogP contribution in [0.5, 0.6) is 0 Å². The van der Waals surface area contributed by atoms with Crippen molar-refractivity contribution in [2.45, 2.75) is 102 Å². The lowest BCUT2D eigenvalue weighted by molar-refractivity contribution is -0.147. The van der Waals surface area contributed by atoms with E-state index in [0.717, 1.165) is 18.3 Å². The highest BCUT2D eigenvalue weighted by Crippen LogP contribution is 2.64. The van der Waals surface area contributed by atoms with Gasteiger partial charge in [-0.25, -0.2) is 0 Å². The number of hydrogen-bond acceptors (Lipinski definition) is 2. The van der Waals surface area contributed by atoms with Gasteiger partial charge in [0.25, 0.3) is 0 Å². The predicted molar refractivity (Wildman–Crippen MR) is 115 cm³/mol. The highest BCUT2D eigenvalue weighted by Gasteiger charge is 2.63. The summed E-state index contributed by atoms with van der Waals surface area (Å²) in [7, 11) is 0. The van der Waals surface area contributed by atoms with Crippen LogP contribution in [0.15, 0.2) is 0 Å². The number of amides is 2. The molecule has 4 fully saturated rings. The molecule has 1 saturated heterocycles. The van der Waals surface area contributed by atoms with Crippen LogP contribution in [0, 0.1) is 28.6 Å². The molecule has 4 aliphatic rings. The van der Waals surface area contributed by atoms with Crippen molar-refractivity contribution in [3.8, 4) is 0 Å². The molecule has 28 heavy (non-hydrogen) atoms. The second-order valence-corrected chi connectivity index (χ2v) is 13.1. The lowest BCUT2D eigenvalue weighted by atomic mass is 9.47. The maximum absolute atomic E-state index is 13.1. The summed E-state index contributed by atoms with van der Waals surface area (Å²) >= 11 is 3.64. The molecule has 0 bridgehead atoms. The Morgan fingerprint density at radius 2 is 1.82 bits per heavy atom. The summed E-state index contributed by atoms with van der Waals surface area (Å²) in [6, 6.07) is 0.195. The van der Waals surface area contributed by atoms with Gasteiger partial charge in [-0.05, 0) is 94.3 Å². The molecule has 1 heterocycles. The normalized spacial score (nSPS) is 48.1. The van der Waals surface area contributed by atoms with Crippen LogP contribution in [0.2, 0.25) is 0 Å². The zero-order valence-corrected chi connectivity index (χ0v) is 19.7. The van der Waals surface area contributed by atoms with Crippen molar-refractivity contribution in [2.75, 3.05) is 0 Å². The minimum Gasteiger partial charge on any atom is -0.351 e. The monoisotopic (exact) mass is 452 g/mol. The fraction of sp³-hybridized carbons (Fsp3) is 0.913. The third-order valence-corrected chi connectivity index (χ3v) is 9.79. The molecule has 0 spiro atoms. The Morgan fingerprint density at radius 3 is 2.50 bits per heavy atom.